The number of nitrogens with two attached hydrogens (primary N) is 1. The molecule has 2 rings (SSSR count). The maximum atomic E-state index is 11.6. The fourth-order valence-corrected chi connectivity index (χ4v) is 1.85. The number of hydrogen-bond donors (Lipinski definition) is 1. The van der Waals surface area contributed by atoms with Gasteiger partial charge in [-0.25, -0.2) is 0 Å². The van der Waals surface area contributed by atoms with Crippen molar-refractivity contribution in [1.29, 1.82) is 0 Å². The lowest BCUT2D eigenvalue weighted by molar-refractivity contribution is 0.292. The summed E-state index contributed by atoms with van der Waals surface area (Å²) >= 11 is 0. The van der Waals surface area contributed by atoms with Gasteiger partial charge in [0.05, 0.1) is 20.8 Å². The van der Waals surface area contributed by atoms with Crippen molar-refractivity contribution in [3.63, 3.8) is 0 Å². The molecule has 0 aliphatic rings. The third-order valence-electron chi connectivity index (χ3n) is 2.93. The van der Waals surface area contributed by atoms with Crippen LogP contribution in [-0.4, -0.2) is 25.4 Å². The molecule has 1 aromatic heterocycles. The Labute approximate surface area is 122 Å². The maximum absolute atomic E-state index is 11.6. The van der Waals surface area contributed by atoms with Crippen LogP contribution in [0.5, 0.6) is 17.2 Å². The fraction of sp³-hybridized carbons (Fsp3) is 0.267. The second-order valence-corrected chi connectivity index (χ2v) is 4.39. The molecule has 0 radical (unpaired) electrons. The summed E-state index contributed by atoms with van der Waals surface area (Å²) in [6, 6.07) is 8.28. The molecule has 0 aliphatic carbocycles. The number of anilines is 1. The number of nitrogens with zero attached hydrogens (tertiary/aromatic N) is 1. The largest absolute Gasteiger partial charge is 0.496 e. The Bertz CT molecular complexity index is 645. The van der Waals surface area contributed by atoms with E-state index < -0.39 is 0 Å². The van der Waals surface area contributed by atoms with Crippen LogP contribution in [0.3, 0.4) is 0 Å². The number of hydrogen-bond acceptors (Lipinski definition) is 5. The molecule has 112 valence electrons. The minimum atomic E-state index is -0.115. The van der Waals surface area contributed by atoms with E-state index in [0.717, 1.165) is 0 Å². The van der Waals surface area contributed by atoms with Crippen LogP contribution in [0.1, 0.15) is 0 Å². The molecule has 6 nitrogen and oxygen atoms in total. The van der Waals surface area contributed by atoms with Crippen molar-refractivity contribution in [1.82, 2.24) is 4.57 Å². The topological polar surface area (TPSA) is 75.7 Å². The number of benzene rings is 1. The minimum absolute atomic E-state index is 0.115. The first-order valence-electron chi connectivity index (χ1n) is 6.44. The van der Waals surface area contributed by atoms with Crippen LogP contribution in [0.25, 0.3) is 0 Å². The molecular weight excluding hydrogens is 272 g/mol. The first kappa shape index (κ1) is 14.8. The van der Waals surface area contributed by atoms with E-state index in [0.29, 0.717) is 36.1 Å². The predicted molar refractivity (Wildman–Crippen MR) is 80.2 cm³/mol. The van der Waals surface area contributed by atoms with E-state index in [1.807, 2.05) is 0 Å². The van der Waals surface area contributed by atoms with Gasteiger partial charge in [-0.05, 0) is 6.07 Å². The second kappa shape index (κ2) is 6.69. The van der Waals surface area contributed by atoms with Crippen molar-refractivity contribution in [3.8, 4) is 17.2 Å². The summed E-state index contributed by atoms with van der Waals surface area (Å²) in [6.45, 7) is 0.739. The fourth-order valence-electron chi connectivity index (χ4n) is 1.85. The average molecular weight is 290 g/mol. The van der Waals surface area contributed by atoms with Crippen molar-refractivity contribution in [2.45, 2.75) is 6.54 Å². The van der Waals surface area contributed by atoms with Gasteiger partial charge >= 0.3 is 0 Å². The van der Waals surface area contributed by atoms with Crippen LogP contribution in [0.2, 0.25) is 0 Å². The Balaban J connectivity index is 2.03. The summed E-state index contributed by atoms with van der Waals surface area (Å²) < 4.78 is 17.5. The van der Waals surface area contributed by atoms with Crippen LogP contribution in [0.4, 0.5) is 5.69 Å². The van der Waals surface area contributed by atoms with Crippen molar-refractivity contribution < 1.29 is 14.2 Å². The summed E-state index contributed by atoms with van der Waals surface area (Å²) in [5.74, 6) is 1.90. The Kier molecular flexibility index (Phi) is 4.71. The number of pyridine rings is 1. The third-order valence-corrected chi connectivity index (χ3v) is 2.93. The number of ether oxygens (including phenoxy) is 3. The minimum Gasteiger partial charge on any atom is -0.496 e. The van der Waals surface area contributed by atoms with Gasteiger partial charge < -0.3 is 24.5 Å². The highest BCUT2D eigenvalue weighted by atomic mass is 16.5. The highest BCUT2D eigenvalue weighted by Crippen LogP contribution is 2.27. The van der Waals surface area contributed by atoms with Gasteiger partial charge in [0.25, 0.3) is 5.56 Å². The number of aromatic nitrogens is 1. The zero-order chi connectivity index (χ0) is 15.2. The van der Waals surface area contributed by atoms with Crippen LogP contribution in [0.15, 0.2) is 41.3 Å². The van der Waals surface area contributed by atoms with Gasteiger partial charge in [-0.1, -0.05) is 0 Å². The van der Waals surface area contributed by atoms with E-state index in [9.17, 15) is 4.79 Å². The normalized spacial score (nSPS) is 10.2. The maximum Gasteiger partial charge on any atom is 0.250 e. The van der Waals surface area contributed by atoms with Gasteiger partial charge in [-0.3, -0.25) is 4.79 Å². The molecule has 0 saturated heterocycles. The molecule has 6 heteroatoms. The third kappa shape index (κ3) is 3.92. The van der Waals surface area contributed by atoms with E-state index in [-0.39, 0.29) is 5.56 Å². The lowest BCUT2D eigenvalue weighted by Gasteiger charge is -2.11. The molecule has 0 bridgehead atoms. The van der Waals surface area contributed by atoms with E-state index in [1.54, 1.807) is 44.7 Å². The van der Waals surface area contributed by atoms with Gasteiger partial charge in [0.15, 0.2) is 0 Å². The molecule has 0 atom stereocenters. The van der Waals surface area contributed by atoms with Crippen molar-refractivity contribution in [3.05, 3.63) is 46.9 Å². The van der Waals surface area contributed by atoms with Gasteiger partial charge in [-0.2, -0.15) is 0 Å². The van der Waals surface area contributed by atoms with Gasteiger partial charge in [0.1, 0.15) is 23.9 Å². The van der Waals surface area contributed by atoms with E-state index in [2.05, 4.69) is 0 Å². The van der Waals surface area contributed by atoms with Gasteiger partial charge in [-0.15, -0.1) is 0 Å². The Morgan fingerprint density at radius 1 is 1.05 bits per heavy atom. The summed E-state index contributed by atoms with van der Waals surface area (Å²) in [7, 11) is 3.15. The van der Waals surface area contributed by atoms with Crippen molar-refractivity contribution >= 4 is 5.69 Å². The van der Waals surface area contributed by atoms with Crippen LogP contribution < -0.4 is 25.5 Å². The highest BCUT2D eigenvalue weighted by molar-refractivity contribution is 5.42. The van der Waals surface area contributed by atoms with Crippen molar-refractivity contribution in [2.75, 3.05) is 26.6 Å². The van der Waals surface area contributed by atoms with Crippen LogP contribution in [0, 0.1) is 0 Å². The number of methoxy groups -OCH3 is 2. The summed E-state index contributed by atoms with van der Waals surface area (Å²) in [5.41, 5.74) is 6.08. The van der Waals surface area contributed by atoms with Crippen LogP contribution >= 0.6 is 0 Å². The van der Waals surface area contributed by atoms with Gasteiger partial charge in [0.2, 0.25) is 0 Å². The first-order valence-corrected chi connectivity index (χ1v) is 6.44. The highest BCUT2D eigenvalue weighted by Gasteiger charge is 2.03. The van der Waals surface area contributed by atoms with Crippen LogP contribution in [-0.2, 0) is 6.54 Å². The molecule has 0 spiro atoms. The smallest absolute Gasteiger partial charge is 0.250 e. The zero-order valence-electron chi connectivity index (χ0n) is 12.0. The number of rotatable bonds is 6. The summed E-state index contributed by atoms with van der Waals surface area (Å²) in [6.07, 6.45) is 1.60. The first-order chi connectivity index (χ1) is 10.1. The predicted octanol–water partition coefficient (Wildman–Crippen LogP) is 1.53. The summed E-state index contributed by atoms with van der Waals surface area (Å²) in [5, 5.41) is 0. The van der Waals surface area contributed by atoms with E-state index in [1.165, 1.54) is 10.6 Å². The molecule has 0 saturated carbocycles. The van der Waals surface area contributed by atoms with E-state index >= 15 is 0 Å². The molecule has 1 aromatic carbocycles. The second-order valence-electron chi connectivity index (χ2n) is 4.39. The standard InChI is InChI=1S/C15H18N2O4/c1-19-12-7-13(20-2)9-14(8-12)21-6-5-17-10-11(16)3-4-15(17)18/h3-4,7-10H,5-6,16H2,1-2H3. The molecule has 2 aromatic rings. The lowest BCUT2D eigenvalue weighted by atomic mass is 10.3. The van der Waals surface area contributed by atoms with E-state index in [4.69, 9.17) is 19.9 Å². The molecule has 0 amide bonds. The molecule has 0 aliphatic heterocycles. The zero-order valence-corrected chi connectivity index (χ0v) is 12.0. The average Bonchev–Trinajstić information content (AvgIpc) is 2.50. The number of nitrogen functional groups attached to an aromatic ring is 1. The quantitative estimate of drug-likeness (QED) is 0.873. The Morgan fingerprint density at radius 2 is 1.67 bits per heavy atom. The molecule has 0 fully saturated rings. The molecule has 2 N–H and O–H groups in total. The molecular formula is C15H18N2O4. The van der Waals surface area contributed by atoms with Crippen molar-refractivity contribution in [2.24, 2.45) is 0 Å². The molecule has 0 unspecified atom stereocenters. The Hall–Kier alpha value is -2.63. The molecule has 21 heavy (non-hydrogen) atoms. The monoisotopic (exact) mass is 290 g/mol. The lowest BCUT2D eigenvalue weighted by Crippen LogP contribution is -2.22. The Morgan fingerprint density at radius 3 is 2.29 bits per heavy atom. The van der Waals surface area contributed by atoms with Gasteiger partial charge in [0, 0.05) is 36.1 Å². The molecule has 1 heterocycles. The summed E-state index contributed by atoms with van der Waals surface area (Å²) in [4.78, 5) is 11.6. The SMILES string of the molecule is COc1cc(OC)cc(OCCn2cc(N)ccc2=O)c1.